The van der Waals surface area contributed by atoms with Crippen molar-refractivity contribution < 1.29 is 14.3 Å². The van der Waals surface area contributed by atoms with Crippen molar-refractivity contribution in [2.45, 2.75) is 6.42 Å². The van der Waals surface area contributed by atoms with Gasteiger partial charge in [-0.3, -0.25) is 4.79 Å². The van der Waals surface area contributed by atoms with Gasteiger partial charge in [-0.1, -0.05) is 11.8 Å². The van der Waals surface area contributed by atoms with Crippen molar-refractivity contribution in [2.75, 3.05) is 40.6 Å². The molecular formula is C14H21NO3S. The Kier molecular flexibility index (Phi) is 6.73. The van der Waals surface area contributed by atoms with Gasteiger partial charge in [0.2, 0.25) is 5.12 Å². The number of hydrogen-bond donors (Lipinski definition) is 0. The van der Waals surface area contributed by atoms with Gasteiger partial charge in [-0.2, -0.15) is 0 Å². The predicted molar refractivity (Wildman–Crippen MR) is 79.5 cm³/mol. The van der Waals surface area contributed by atoms with E-state index in [1.807, 2.05) is 14.1 Å². The van der Waals surface area contributed by atoms with Crippen LogP contribution >= 0.6 is 11.8 Å². The molecule has 0 heterocycles. The standard InChI is InChI=1S/C14H21NO3S/c1-15(2)8-5-9-18-13-10-11(17-3)6-7-12(13)14(16)19-4/h6-7,10H,5,8-9H2,1-4H3. The van der Waals surface area contributed by atoms with Gasteiger partial charge in [-0.05, 0) is 38.9 Å². The van der Waals surface area contributed by atoms with Crippen LogP contribution < -0.4 is 9.47 Å². The molecular weight excluding hydrogens is 262 g/mol. The van der Waals surface area contributed by atoms with E-state index in [1.54, 1.807) is 31.6 Å². The Balaban J connectivity index is 2.74. The third-order valence-corrected chi connectivity index (χ3v) is 3.19. The molecule has 1 rings (SSSR count). The van der Waals surface area contributed by atoms with Crippen LogP contribution in [0.1, 0.15) is 16.8 Å². The number of benzene rings is 1. The first-order valence-corrected chi connectivity index (χ1v) is 7.35. The summed E-state index contributed by atoms with van der Waals surface area (Å²) in [5.41, 5.74) is 0.596. The number of carbonyl (C=O) groups excluding carboxylic acids is 1. The van der Waals surface area contributed by atoms with Crippen molar-refractivity contribution in [3.05, 3.63) is 23.8 Å². The van der Waals surface area contributed by atoms with Crippen LogP contribution in [0.25, 0.3) is 0 Å². The summed E-state index contributed by atoms with van der Waals surface area (Å²) in [6.45, 7) is 1.54. The highest BCUT2D eigenvalue weighted by Crippen LogP contribution is 2.27. The molecule has 5 heteroatoms. The fourth-order valence-electron chi connectivity index (χ4n) is 1.59. The smallest absolute Gasteiger partial charge is 0.222 e. The predicted octanol–water partition coefficient (Wildman–Crippen LogP) is 2.53. The average molecular weight is 283 g/mol. The summed E-state index contributed by atoms with van der Waals surface area (Å²) < 4.78 is 10.9. The Bertz CT molecular complexity index is 421. The molecule has 0 saturated carbocycles. The Morgan fingerprint density at radius 1 is 1.37 bits per heavy atom. The van der Waals surface area contributed by atoms with E-state index in [2.05, 4.69) is 4.90 Å². The molecule has 0 unspecified atom stereocenters. The summed E-state index contributed by atoms with van der Waals surface area (Å²) in [7, 11) is 5.64. The number of methoxy groups -OCH3 is 1. The third kappa shape index (κ3) is 5.12. The number of carbonyl (C=O) groups is 1. The summed E-state index contributed by atoms with van der Waals surface area (Å²) in [4.78, 5) is 13.9. The van der Waals surface area contributed by atoms with Crippen LogP contribution in [0.3, 0.4) is 0 Å². The van der Waals surface area contributed by atoms with Gasteiger partial charge in [0.05, 0.1) is 19.3 Å². The molecule has 0 saturated heterocycles. The summed E-state index contributed by atoms with van der Waals surface area (Å²) in [6.07, 6.45) is 2.68. The van der Waals surface area contributed by atoms with Crippen molar-refractivity contribution in [1.29, 1.82) is 0 Å². The van der Waals surface area contributed by atoms with Gasteiger partial charge >= 0.3 is 0 Å². The van der Waals surface area contributed by atoms with Crippen LogP contribution in [0.15, 0.2) is 18.2 Å². The molecule has 0 N–H and O–H groups in total. The lowest BCUT2D eigenvalue weighted by atomic mass is 10.2. The highest BCUT2D eigenvalue weighted by Gasteiger charge is 2.12. The molecule has 0 aliphatic heterocycles. The molecule has 0 amide bonds. The summed E-state index contributed by atoms with van der Waals surface area (Å²) >= 11 is 1.18. The largest absolute Gasteiger partial charge is 0.497 e. The van der Waals surface area contributed by atoms with E-state index in [9.17, 15) is 4.79 Å². The highest BCUT2D eigenvalue weighted by atomic mass is 32.2. The van der Waals surface area contributed by atoms with Gasteiger partial charge in [-0.15, -0.1) is 0 Å². The second-order valence-corrected chi connectivity index (χ2v) is 5.14. The van der Waals surface area contributed by atoms with Crippen molar-refractivity contribution >= 4 is 16.9 Å². The van der Waals surface area contributed by atoms with E-state index >= 15 is 0 Å². The summed E-state index contributed by atoms with van der Waals surface area (Å²) in [6, 6.07) is 5.29. The van der Waals surface area contributed by atoms with E-state index in [1.165, 1.54) is 11.8 Å². The molecule has 19 heavy (non-hydrogen) atoms. The second kappa shape index (κ2) is 8.07. The minimum absolute atomic E-state index is 0.00487. The zero-order valence-corrected chi connectivity index (χ0v) is 12.8. The van der Waals surface area contributed by atoms with Crippen LogP contribution in [0.5, 0.6) is 11.5 Å². The van der Waals surface area contributed by atoms with E-state index in [4.69, 9.17) is 9.47 Å². The number of hydrogen-bond acceptors (Lipinski definition) is 5. The molecule has 0 fully saturated rings. The van der Waals surface area contributed by atoms with Crippen molar-refractivity contribution in [3.8, 4) is 11.5 Å². The topological polar surface area (TPSA) is 38.8 Å². The number of ether oxygens (including phenoxy) is 2. The van der Waals surface area contributed by atoms with E-state index in [-0.39, 0.29) is 5.12 Å². The third-order valence-electron chi connectivity index (χ3n) is 2.60. The molecule has 106 valence electrons. The van der Waals surface area contributed by atoms with Crippen LogP contribution in [0, 0.1) is 0 Å². The van der Waals surface area contributed by atoms with Gasteiger partial charge in [0.1, 0.15) is 11.5 Å². The molecule has 4 nitrogen and oxygen atoms in total. The molecule has 0 aliphatic carbocycles. The minimum atomic E-state index is 0.00487. The lowest BCUT2D eigenvalue weighted by Gasteiger charge is -2.13. The van der Waals surface area contributed by atoms with Crippen LogP contribution in [-0.2, 0) is 0 Å². The molecule has 0 bridgehead atoms. The zero-order valence-electron chi connectivity index (χ0n) is 11.9. The molecule has 0 radical (unpaired) electrons. The van der Waals surface area contributed by atoms with Crippen LogP contribution in [0.4, 0.5) is 0 Å². The maximum atomic E-state index is 11.8. The molecule has 0 aliphatic rings. The fraction of sp³-hybridized carbons (Fsp3) is 0.500. The lowest BCUT2D eigenvalue weighted by Crippen LogP contribution is -2.16. The van der Waals surface area contributed by atoms with Gasteiger partial charge < -0.3 is 14.4 Å². The molecule has 0 aromatic heterocycles. The SMILES string of the molecule is COc1ccc(C(=O)SC)c(OCCCN(C)C)c1. The Morgan fingerprint density at radius 2 is 2.11 bits per heavy atom. The number of rotatable bonds is 7. The van der Waals surface area contributed by atoms with E-state index < -0.39 is 0 Å². The van der Waals surface area contributed by atoms with Crippen LogP contribution in [0.2, 0.25) is 0 Å². The fourth-order valence-corrected chi connectivity index (χ4v) is 1.98. The first kappa shape index (κ1) is 15.9. The molecule has 0 spiro atoms. The Labute approximate surface area is 119 Å². The number of nitrogens with zero attached hydrogens (tertiary/aromatic N) is 1. The first-order chi connectivity index (χ1) is 9.08. The normalized spacial score (nSPS) is 10.6. The minimum Gasteiger partial charge on any atom is -0.497 e. The second-order valence-electron chi connectivity index (χ2n) is 4.36. The van der Waals surface area contributed by atoms with Crippen molar-refractivity contribution in [2.24, 2.45) is 0 Å². The Hall–Kier alpha value is -1.20. The maximum Gasteiger partial charge on any atom is 0.222 e. The van der Waals surface area contributed by atoms with Crippen molar-refractivity contribution in [3.63, 3.8) is 0 Å². The lowest BCUT2D eigenvalue weighted by molar-refractivity contribution is 0.108. The quantitative estimate of drug-likeness (QED) is 0.719. The number of thioether (sulfide) groups is 1. The Morgan fingerprint density at radius 3 is 2.68 bits per heavy atom. The molecule has 1 aromatic rings. The van der Waals surface area contributed by atoms with E-state index in [0.29, 0.717) is 23.7 Å². The van der Waals surface area contributed by atoms with Gasteiger partial charge in [0.15, 0.2) is 0 Å². The zero-order chi connectivity index (χ0) is 14.3. The summed E-state index contributed by atoms with van der Waals surface area (Å²) in [5, 5.41) is 0.00487. The van der Waals surface area contributed by atoms with E-state index in [0.717, 1.165) is 13.0 Å². The highest BCUT2D eigenvalue weighted by molar-refractivity contribution is 8.13. The first-order valence-electron chi connectivity index (χ1n) is 6.12. The van der Waals surface area contributed by atoms with Gasteiger partial charge in [0, 0.05) is 12.6 Å². The van der Waals surface area contributed by atoms with Crippen LogP contribution in [-0.4, -0.2) is 50.6 Å². The van der Waals surface area contributed by atoms with Crippen molar-refractivity contribution in [1.82, 2.24) is 4.90 Å². The monoisotopic (exact) mass is 283 g/mol. The molecule has 0 atom stereocenters. The van der Waals surface area contributed by atoms with Gasteiger partial charge in [-0.25, -0.2) is 0 Å². The average Bonchev–Trinajstić information content (AvgIpc) is 2.42. The summed E-state index contributed by atoms with van der Waals surface area (Å²) in [5.74, 6) is 1.29. The maximum absolute atomic E-state index is 11.8. The molecule has 1 aromatic carbocycles. The van der Waals surface area contributed by atoms with Gasteiger partial charge in [0.25, 0.3) is 0 Å².